The van der Waals surface area contributed by atoms with Crippen LogP contribution in [-0.2, 0) is 28.6 Å². The van der Waals surface area contributed by atoms with Crippen molar-refractivity contribution < 1.29 is 28.6 Å². The molecule has 0 saturated heterocycles. The maximum absolute atomic E-state index is 12.9. The Labute approximate surface area is 443 Å². The van der Waals surface area contributed by atoms with Gasteiger partial charge in [0.05, 0.1) is 0 Å². The van der Waals surface area contributed by atoms with E-state index in [1.165, 1.54) is 77.0 Å². The summed E-state index contributed by atoms with van der Waals surface area (Å²) in [4.78, 5) is 38.1. The molecule has 1 unspecified atom stereocenters. The summed E-state index contributed by atoms with van der Waals surface area (Å²) in [7, 11) is 0. The van der Waals surface area contributed by atoms with Crippen molar-refractivity contribution >= 4 is 17.9 Å². The summed E-state index contributed by atoms with van der Waals surface area (Å²) in [6.45, 7) is 6.34. The fourth-order valence-corrected chi connectivity index (χ4v) is 7.60. The molecular formula is C66H106O6. The Morgan fingerprint density at radius 2 is 0.556 bits per heavy atom. The minimum Gasteiger partial charge on any atom is -0.462 e. The molecule has 0 bridgehead atoms. The largest absolute Gasteiger partial charge is 0.462 e. The van der Waals surface area contributed by atoms with Gasteiger partial charge in [-0.2, -0.15) is 0 Å². The molecule has 0 heterocycles. The topological polar surface area (TPSA) is 78.9 Å². The van der Waals surface area contributed by atoms with E-state index in [0.717, 1.165) is 122 Å². The van der Waals surface area contributed by atoms with E-state index in [2.05, 4.69) is 154 Å². The monoisotopic (exact) mass is 995 g/mol. The molecule has 0 saturated carbocycles. The zero-order valence-electron chi connectivity index (χ0n) is 46.4. The van der Waals surface area contributed by atoms with Gasteiger partial charge in [-0.25, -0.2) is 0 Å². The van der Waals surface area contributed by atoms with Gasteiger partial charge < -0.3 is 14.2 Å². The minimum atomic E-state index is -0.809. The van der Waals surface area contributed by atoms with E-state index in [1.807, 2.05) is 0 Å². The van der Waals surface area contributed by atoms with Gasteiger partial charge in [-0.1, -0.05) is 251 Å². The zero-order chi connectivity index (χ0) is 52.2. The van der Waals surface area contributed by atoms with Crippen molar-refractivity contribution in [2.24, 2.45) is 0 Å². The molecule has 0 radical (unpaired) electrons. The van der Waals surface area contributed by atoms with Gasteiger partial charge in [0.15, 0.2) is 6.10 Å². The van der Waals surface area contributed by atoms with Crippen LogP contribution in [0.25, 0.3) is 0 Å². The van der Waals surface area contributed by atoms with E-state index < -0.39 is 6.10 Å². The smallest absolute Gasteiger partial charge is 0.306 e. The number of esters is 3. The molecule has 0 aromatic heterocycles. The van der Waals surface area contributed by atoms with Crippen LogP contribution in [0.15, 0.2) is 134 Å². The molecule has 6 heteroatoms. The Morgan fingerprint density at radius 1 is 0.292 bits per heavy atom. The van der Waals surface area contributed by atoms with Gasteiger partial charge in [0, 0.05) is 19.3 Å². The number of allylic oxidation sites excluding steroid dienone is 22. The number of hydrogen-bond donors (Lipinski definition) is 0. The summed E-state index contributed by atoms with van der Waals surface area (Å²) in [5.41, 5.74) is 0. The van der Waals surface area contributed by atoms with E-state index in [0.29, 0.717) is 19.3 Å². The Bertz CT molecular complexity index is 1560. The molecule has 0 aromatic carbocycles. The van der Waals surface area contributed by atoms with Crippen LogP contribution < -0.4 is 0 Å². The first-order valence-corrected chi connectivity index (χ1v) is 29.2. The van der Waals surface area contributed by atoms with E-state index in [1.54, 1.807) is 0 Å². The molecule has 72 heavy (non-hydrogen) atoms. The summed E-state index contributed by atoms with van der Waals surface area (Å²) < 4.78 is 16.8. The van der Waals surface area contributed by atoms with Crippen molar-refractivity contribution in [1.82, 2.24) is 0 Å². The van der Waals surface area contributed by atoms with Crippen LogP contribution >= 0.6 is 0 Å². The summed E-state index contributed by atoms with van der Waals surface area (Å²) >= 11 is 0. The van der Waals surface area contributed by atoms with Crippen LogP contribution in [0.2, 0.25) is 0 Å². The Balaban J connectivity index is 4.44. The number of rotatable bonds is 51. The molecular weight excluding hydrogens is 889 g/mol. The standard InChI is InChI=1S/C66H106O6/c1-4-7-10-13-16-19-22-24-26-28-30-32-33-35-36-38-40-42-44-47-50-53-56-59-65(68)71-62-63(61-70-64(67)58-55-52-49-46-21-18-15-12-9-6-3)72-66(69)60-57-54-51-48-45-43-41-39-37-34-31-29-27-25-23-20-17-14-11-8-5-2/h7-8,10-11,16-17,19-20,24-27,30-32,34-36,40,42,47,50,63H,4-6,9,12-15,18,21-23,28-29,33,37-39,41,43-46,48-49,51-62H2,1-3H3/b10-7-,11-8-,19-16-,20-17-,26-24-,27-25-,32-30-,34-31-,36-35-,42-40-,50-47-. The molecule has 6 nitrogen and oxygen atoms in total. The predicted octanol–water partition coefficient (Wildman–Crippen LogP) is 19.8. The molecule has 0 rings (SSSR count). The third-order valence-corrected chi connectivity index (χ3v) is 11.9. The van der Waals surface area contributed by atoms with E-state index in [9.17, 15) is 14.4 Å². The first-order valence-electron chi connectivity index (χ1n) is 29.2. The minimum absolute atomic E-state index is 0.102. The van der Waals surface area contributed by atoms with Crippen molar-refractivity contribution in [3.63, 3.8) is 0 Å². The predicted molar refractivity (Wildman–Crippen MR) is 311 cm³/mol. The maximum atomic E-state index is 12.9. The lowest BCUT2D eigenvalue weighted by Crippen LogP contribution is -2.30. The molecule has 0 aliphatic heterocycles. The van der Waals surface area contributed by atoms with Gasteiger partial charge in [0.2, 0.25) is 0 Å². The lowest BCUT2D eigenvalue weighted by molar-refractivity contribution is -0.167. The van der Waals surface area contributed by atoms with Crippen molar-refractivity contribution in [2.75, 3.05) is 13.2 Å². The molecule has 0 aliphatic carbocycles. The quantitative estimate of drug-likeness (QED) is 0.0261. The maximum Gasteiger partial charge on any atom is 0.306 e. The fraction of sp³-hybridized carbons (Fsp3) is 0.621. The van der Waals surface area contributed by atoms with Crippen molar-refractivity contribution in [2.45, 2.75) is 252 Å². The number of carbonyl (C=O) groups is 3. The average Bonchev–Trinajstić information content (AvgIpc) is 3.38. The first-order chi connectivity index (χ1) is 35.5. The molecule has 0 fully saturated rings. The molecule has 406 valence electrons. The van der Waals surface area contributed by atoms with Crippen LogP contribution in [0, 0.1) is 0 Å². The van der Waals surface area contributed by atoms with Crippen LogP contribution in [0.1, 0.15) is 245 Å². The number of unbranched alkanes of at least 4 members (excludes halogenated alkanes) is 18. The summed E-state index contributed by atoms with van der Waals surface area (Å²) in [6.07, 6.45) is 83.1. The van der Waals surface area contributed by atoms with Gasteiger partial charge >= 0.3 is 17.9 Å². The van der Waals surface area contributed by atoms with Crippen LogP contribution in [0.3, 0.4) is 0 Å². The normalized spacial score (nSPS) is 13.1. The SMILES string of the molecule is CC/C=C\C/C=C\C/C=C\C/C=C\C/C=C\C/C=C\C/C=C\CCCC(=O)OCC(COC(=O)CCCCCCCCCCCC)OC(=O)CCCCCCCCCC/C=C\C/C=C\C/C=C\C/C=C\CC. The Kier molecular flexibility index (Phi) is 55.5. The molecule has 1 atom stereocenters. The number of carbonyl (C=O) groups excluding carboxylic acids is 3. The molecule has 0 N–H and O–H groups in total. The van der Waals surface area contributed by atoms with Gasteiger partial charge in [-0.3, -0.25) is 14.4 Å². The summed E-state index contributed by atoms with van der Waals surface area (Å²) in [5.74, 6) is -0.977. The van der Waals surface area contributed by atoms with Gasteiger partial charge in [0.25, 0.3) is 0 Å². The molecule has 0 spiro atoms. The lowest BCUT2D eigenvalue weighted by Gasteiger charge is -2.18. The van der Waals surface area contributed by atoms with Crippen molar-refractivity contribution in [3.05, 3.63) is 134 Å². The Hall–Kier alpha value is -4.45. The van der Waals surface area contributed by atoms with E-state index in [4.69, 9.17) is 14.2 Å². The highest BCUT2D eigenvalue weighted by atomic mass is 16.6. The average molecular weight is 996 g/mol. The van der Waals surface area contributed by atoms with Crippen LogP contribution in [0.5, 0.6) is 0 Å². The molecule has 0 aromatic rings. The lowest BCUT2D eigenvalue weighted by atomic mass is 10.1. The van der Waals surface area contributed by atoms with Gasteiger partial charge in [-0.15, -0.1) is 0 Å². The van der Waals surface area contributed by atoms with E-state index >= 15 is 0 Å². The fourth-order valence-electron chi connectivity index (χ4n) is 7.60. The molecule has 0 amide bonds. The number of hydrogen-bond acceptors (Lipinski definition) is 6. The third kappa shape index (κ3) is 56.5. The zero-order valence-corrected chi connectivity index (χ0v) is 46.4. The van der Waals surface area contributed by atoms with Crippen LogP contribution in [-0.4, -0.2) is 37.2 Å². The highest BCUT2D eigenvalue weighted by Crippen LogP contribution is 2.14. The van der Waals surface area contributed by atoms with Crippen molar-refractivity contribution in [1.29, 1.82) is 0 Å². The van der Waals surface area contributed by atoms with Gasteiger partial charge in [-0.05, 0) is 109 Å². The van der Waals surface area contributed by atoms with Gasteiger partial charge in [0.1, 0.15) is 13.2 Å². The Morgan fingerprint density at radius 3 is 0.903 bits per heavy atom. The van der Waals surface area contributed by atoms with Crippen LogP contribution in [0.4, 0.5) is 0 Å². The summed E-state index contributed by atoms with van der Waals surface area (Å²) in [5, 5.41) is 0. The summed E-state index contributed by atoms with van der Waals surface area (Å²) in [6, 6.07) is 0. The molecule has 0 aliphatic rings. The second kappa shape index (κ2) is 59.1. The highest BCUT2D eigenvalue weighted by Gasteiger charge is 2.19. The van der Waals surface area contributed by atoms with Crippen molar-refractivity contribution in [3.8, 4) is 0 Å². The third-order valence-electron chi connectivity index (χ3n) is 11.9. The second-order valence-electron chi connectivity index (χ2n) is 18.8. The second-order valence-corrected chi connectivity index (χ2v) is 18.8. The first kappa shape index (κ1) is 67.5. The highest BCUT2D eigenvalue weighted by molar-refractivity contribution is 5.71. The van der Waals surface area contributed by atoms with E-state index in [-0.39, 0.29) is 37.5 Å². The number of ether oxygens (including phenoxy) is 3.